The van der Waals surface area contributed by atoms with E-state index in [1.807, 2.05) is 53.0 Å². The van der Waals surface area contributed by atoms with Crippen LogP contribution in [0.4, 0.5) is 0 Å². The summed E-state index contributed by atoms with van der Waals surface area (Å²) in [5.41, 5.74) is 6.32. The highest BCUT2D eigenvalue weighted by molar-refractivity contribution is 14.1. The van der Waals surface area contributed by atoms with Gasteiger partial charge < -0.3 is 5.32 Å². The van der Waals surface area contributed by atoms with Gasteiger partial charge in [0.1, 0.15) is 3.70 Å². The Bertz CT molecular complexity index is 1380. The van der Waals surface area contributed by atoms with Crippen molar-refractivity contribution in [3.63, 3.8) is 0 Å². The lowest BCUT2D eigenvalue weighted by atomic mass is 10.0. The molecule has 0 aliphatic rings. The first-order chi connectivity index (χ1) is 15.7. The third kappa shape index (κ3) is 4.13. The van der Waals surface area contributed by atoms with Crippen molar-refractivity contribution in [3.8, 4) is 22.4 Å². The number of aromatic nitrogens is 3. The van der Waals surface area contributed by atoms with Crippen LogP contribution in [0.15, 0.2) is 97.1 Å². The highest BCUT2D eigenvalue weighted by Crippen LogP contribution is 2.27. The summed E-state index contributed by atoms with van der Waals surface area (Å²) in [5, 5.41) is 7.65. The van der Waals surface area contributed by atoms with Gasteiger partial charge in [0, 0.05) is 11.1 Å². The van der Waals surface area contributed by atoms with E-state index < -0.39 is 0 Å². The Morgan fingerprint density at radius 2 is 1.41 bits per heavy atom. The molecule has 1 amide bonds. The Morgan fingerprint density at radius 1 is 0.781 bits per heavy atom. The maximum absolute atomic E-state index is 12.6. The zero-order valence-electron chi connectivity index (χ0n) is 17.1. The zero-order chi connectivity index (χ0) is 21.9. The third-order valence-electron chi connectivity index (χ3n) is 5.26. The largest absolute Gasteiger partial charge is 0.346 e. The Labute approximate surface area is 199 Å². The standard InChI is InChI=1S/C26H19IN4O/c27-23-15-16-24-29-25(20-13-11-19(12-14-20)18-7-3-1-4-8-18)22(31(24)30-23)17-28-26(32)21-9-5-2-6-10-21/h1-16H,17H2,(H,28,32). The second-order valence-corrected chi connectivity index (χ2v) is 8.43. The van der Waals surface area contributed by atoms with Gasteiger partial charge in [0.2, 0.25) is 0 Å². The van der Waals surface area contributed by atoms with E-state index >= 15 is 0 Å². The summed E-state index contributed by atoms with van der Waals surface area (Å²) in [4.78, 5) is 17.5. The van der Waals surface area contributed by atoms with Gasteiger partial charge in [0.05, 0.1) is 17.9 Å². The van der Waals surface area contributed by atoms with Gasteiger partial charge >= 0.3 is 0 Å². The van der Waals surface area contributed by atoms with Gasteiger partial charge in [-0.05, 0) is 58.0 Å². The number of amides is 1. The molecule has 0 saturated carbocycles. The van der Waals surface area contributed by atoms with Crippen molar-refractivity contribution in [1.82, 2.24) is 19.9 Å². The molecule has 5 nitrogen and oxygen atoms in total. The molecule has 0 aliphatic carbocycles. The SMILES string of the molecule is O=C(NCc1c(-c2ccc(-c3ccccc3)cc2)nc2ccc(I)nn12)c1ccccc1. The molecule has 3 aromatic carbocycles. The number of rotatable bonds is 5. The quantitative estimate of drug-likeness (QED) is 0.301. The van der Waals surface area contributed by atoms with E-state index in [-0.39, 0.29) is 5.91 Å². The van der Waals surface area contributed by atoms with Crippen molar-refractivity contribution >= 4 is 34.1 Å². The molecule has 0 spiro atoms. The van der Waals surface area contributed by atoms with Crippen LogP contribution < -0.4 is 5.32 Å². The van der Waals surface area contributed by atoms with Gasteiger partial charge in [-0.1, -0.05) is 72.8 Å². The van der Waals surface area contributed by atoms with E-state index in [2.05, 4.69) is 69.4 Å². The van der Waals surface area contributed by atoms with Crippen LogP contribution in [0.5, 0.6) is 0 Å². The predicted molar refractivity (Wildman–Crippen MR) is 134 cm³/mol. The fourth-order valence-electron chi connectivity index (χ4n) is 3.65. The summed E-state index contributed by atoms with van der Waals surface area (Å²) < 4.78 is 2.67. The predicted octanol–water partition coefficient (Wildman–Crippen LogP) is 5.60. The number of imidazole rings is 1. The lowest BCUT2D eigenvalue weighted by Crippen LogP contribution is -2.24. The van der Waals surface area contributed by atoms with Crippen molar-refractivity contribution in [3.05, 3.63) is 112 Å². The number of fused-ring (bicyclic) bond motifs is 1. The van der Waals surface area contributed by atoms with Crippen LogP contribution in [-0.4, -0.2) is 20.5 Å². The topological polar surface area (TPSA) is 59.3 Å². The maximum atomic E-state index is 12.6. The molecule has 0 radical (unpaired) electrons. The van der Waals surface area contributed by atoms with Crippen LogP contribution in [0.1, 0.15) is 16.1 Å². The maximum Gasteiger partial charge on any atom is 0.251 e. The van der Waals surface area contributed by atoms with Crippen LogP contribution in [0, 0.1) is 3.70 Å². The Morgan fingerprint density at radius 3 is 2.12 bits per heavy atom. The Balaban J connectivity index is 1.51. The molecule has 0 atom stereocenters. The zero-order valence-corrected chi connectivity index (χ0v) is 19.2. The number of nitrogens with one attached hydrogen (secondary N) is 1. The fourth-order valence-corrected chi connectivity index (χ4v) is 4.05. The van der Waals surface area contributed by atoms with E-state index in [0.717, 1.165) is 31.9 Å². The van der Waals surface area contributed by atoms with Gasteiger partial charge in [0.15, 0.2) is 5.65 Å². The molecular formula is C26H19IN4O. The summed E-state index contributed by atoms with van der Waals surface area (Å²) in [6.45, 7) is 0.317. The van der Waals surface area contributed by atoms with Gasteiger partial charge in [-0.2, -0.15) is 5.10 Å². The molecule has 2 heterocycles. The second kappa shape index (κ2) is 8.92. The molecule has 0 saturated heterocycles. The summed E-state index contributed by atoms with van der Waals surface area (Å²) >= 11 is 2.18. The van der Waals surface area contributed by atoms with Crippen molar-refractivity contribution < 1.29 is 4.79 Å². The van der Waals surface area contributed by atoms with Crippen molar-refractivity contribution in [2.24, 2.45) is 0 Å². The second-order valence-electron chi connectivity index (χ2n) is 7.33. The van der Waals surface area contributed by atoms with Crippen LogP contribution >= 0.6 is 22.6 Å². The summed E-state index contributed by atoms with van der Waals surface area (Å²) in [6, 6.07) is 31.7. The van der Waals surface area contributed by atoms with Crippen LogP contribution in [-0.2, 0) is 6.54 Å². The number of carbonyl (C=O) groups is 1. The van der Waals surface area contributed by atoms with E-state index in [1.165, 1.54) is 5.56 Å². The molecule has 5 aromatic rings. The first-order valence-electron chi connectivity index (χ1n) is 10.2. The summed E-state index contributed by atoms with van der Waals surface area (Å²) in [5.74, 6) is -0.128. The highest BCUT2D eigenvalue weighted by atomic mass is 127. The molecular weight excluding hydrogens is 511 g/mol. The molecule has 6 heteroatoms. The lowest BCUT2D eigenvalue weighted by Gasteiger charge is -2.08. The minimum Gasteiger partial charge on any atom is -0.346 e. The third-order valence-corrected chi connectivity index (χ3v) is 5.83. The average Bonchev–Trinajstić information content (AvgIpc) is 3.21. The molecule has 0 bridgehead atoms. The number of hydrogen-bond acceptors (Lipinski definition) is 3. The van der Waals surface area contributed by atoms with Gasteiger partial charge in [-0.3, -0.25) is 4.79 Å². The minimum absolute atomic E-state index is 0.128. The van der Waals surface area contributed by atoms with E-state index in [1.54, 1.807) is 12.1 Å². The minimum atomic E-state index is -0.128. The number of carbonyl (C=O) groups excluding carboxylic acids is 1. The normalized spacial score (nSPS) is 10.9. The number of hydrogen-bond donors (Lipinski definition) is 1. The molecule has 156 valence electrons. The van der Waals surface area contributed by atoms with Crippen LogP contribution in [0.3, 0.4) is 0 Å². The van der Waals surface area contributed by atoms with E-state index in [4.69, 9.17) is 4.98 Å². The smallest absolute Gasteiger partial charge is 0.251 e. The Kier molecular flexibility index (Phi) is 5.68. The van der Waals surface area contributed by atoms with Gasteiger partial charge in [-0.25, -0.2) is 9.50 Å². The highest BCUT2D eigenvalue weighted by Gasteiger charge is 2.17. The van der Waals surface area contributed by atoms with Crippen molar-refractivity contribution in [2.45, 2.75) is 6.54 Å². The Hall–Kier alpha value is -3.52. The number of nitrogens with zero attached hydrogens (tertiary/aromatic N) is 3. The molecule has 2 aromatic heterocycles. The lowest BCUT2D eigenvalue weighted by molar-refractivity contribution is 0.0950. The molecule has 0 fully saturated rings. The van der Waals surface area contributed by atoms with Crippen LogP contribution in [0.25, 0.3) is 28.0 Å². The van der Waals surface area contributed by atoms with Crippen LogP contribution in [0.2, 0.25) is 0 Å². The molecule has 5 rings (SSSR count). The monoisotopic (exact) mass is 530 g/mol. The fraction of sp³-hybridized carbons (Fsp3) is 0.0385. The summed E-state index contributed by atoms with van der Waals surface area (Å²) in [7, 11) is 0. The first kappa shape index (κ1) is 20.4. The summed E-state index contributed by atoms with van der Waals surface area (Å²) in [6.07, 6.45) is 0. The molecule has 32 heavy (non-hydrogen) atoms. The van der Waals surface area contributed by atoms with E-state index in [9.17, 15) is 4.79 Å². The van der Waals surface area contributed by atoms with Crippen molar-refractivity contribution in [2.75, 3.05) is 0 Å². The van der Waals surface area contributed by atoms with E-state index in [0.29, 0.717) is 12.1 Å². The van der Waals surface area contributed by atoms with Gasteiger partial charge in [-0.15, -0.1) is 0 Å². The number of halogens is 1. The average molecular weight is 530 g/mol. The molecule has 0 unspecified atom stereocenters. The van der Waals surface area contributed by atoms with Gasteiger partial charge in [0.25, 0.3) is 5.91 Å². The molecule has 1 N–H and O–H groups in total. The molecule has 0 aliphatic heterocycles. The van der Waals surface area contributed by atoms with Crippen molar-refractivity contribution in [1.29, 1.82) is 0 Å². The number of benzene rings is 3. The first-order valence-corrected chi connectivity index (χ1v) is 11.3.